The number of ether oxygens (including phenoxy) is 1. The molecule has 16 heavy (non-hydrogen) atoms. The van der Waals surface area contributed by atoms with E-state index in [2.05, 4.69) is 15.9 Å². The van der Waals surface area contributed by atoms with E-state index in [9.17, 15) is 4.79 Å². The molecule has 1 atom stereocenters. The fourth-order valence-electron chi connectivity index (χ4n) is 1.34. The molecule has 0 aliphatic carbocycles. The molecule has 1 amide bonds. The summed E-state index contributed by atoms with van der Waals surface area (Å²) >= 11 is 5.08. The van der Waals surface area contributed by atoms with Crippen LogP contribution in [0.1, 0.15) is 5.56 Å². The largest absolute Gasteiger partial charge is 0.383 e. The van der Waals surface area contributed by atoms with Crippen molar-refractivity contribution >= 4 is 33.2 Å². The van der Waals surface area contributed by atoms with Gasteiger partial charge in [-0.05, 0) is 22.4 Å². The van der Waals surface area contributed by atoms with Crippen LogP contribution in [0, 0.1) is 0 Å². The quantitative estimate of drug-likeness (QED) is 0.754. The fraction of sp³-hybridized carbons (Fsp3) is 0.545. The first-order chi connectivity index (χ1) is 7.63. The predicted octanol–water partition coefficient (Wildman–Crippen LogP) is 2.16. The highest BCUT2D eigenvalue weighted by molar-refractivity contribution is 9.09. The molecule has 0 radical (unpaired) electrons. The summed E-state index contributed by atoms with van der Waals surface area (Å²) in [7, 11) is 3.47. The van der Waals surface area contributed by atoms with E-state index in [1.165, 1.54) is 0 Å². The van der Waals surface area contributed by atoms with Gasteiger partial charge in [-0.25, -0.2) is 0 Å². The van der Waals surface area contributed by atoms with E-state index in [-0.39, 0.29) is 10.7 Å². The summed E-state index contributed by atoms with van der Waals surface area (Å²) in [5.41, 5.74) is 1.08. The van der Waals surface area contributed by atoms with Crippen molar-refractivity contribution in [2.45, 2.75) is 11.2 Å². The first-order valence-electron chi connectivity index (χ1n) is 5.01. The topological polar surface area (TPSA) is 29.5 Å². The van der Waals surface area contributed by atoms with E-state index < -0.39 is 0 Å². The Balaban J connectivity index is 2.36. The van der Waals surface area contributed by atoms with Gasteiger partial charge in [0.2, 0.25) is 5.91 Å². The van der Waals surface area contributed by atoms with Crippen LogP contribution in [0.2, 0.25) is 0 Å². The molecule has 0 saturated carbocycles. The lowest BCUT2D eigenvalue weighted by Crippen LogP contribution is -2.34. The Kier molecular flexibility index (Phi) is 6.01. The van der Waals surface area contributed by atoms with Crippen molar-refractivity contribution in [1.29, 1.82) is 0 Å². The second-order valence-corrected chi connectivity index (χ2v) is 5.71. The van der Waals surface area contributed by atoms with E-state index in [0.717, 1.165) is 5.56 Å². The van der Waals surface area contributed by atoms with Gasteiger partial charge in [0.1, 0.15) is 0 Å². The van der Waals surface area contributed by atoms with E-state index in [0.29, 0.717) is 19.6 Å². The third kappa shape index (κ3) is 4.63. The molecule has 90 valence electrons. The number of thiophene rings is 1. The van der Waals surface area contributed by atoms with Gasteiger partial charge in [0.15, 0.2) is 0 Å². The van der Waals surface area contributed by atoms with Crippen molar-refractivity contribution < 1.29 is 9.53 Å². The number of likely N-dealkylation sites (N-methyl/N-ethyl adjacent to an activating group) is 1. The maximum Gasteiger partial charge on any atom is 0.226 e. The molecule has 0 spiro atoms. The number of rotatable bonds is 6. The summed E-state index contributed by atoms with van der Waals surface area (Å²) in [5.74, 6) is 0.138. The van der Waals surface area contributed by atoms with Crippen LogP contribution < -0.4 is 0 Å². The van der Waals surface area contributed by atoms with Crippen molar-refractivity contribution in [3.05, 3.63) is 22.4 Å². The number of carbonyl (C=O) groups is 1. The maximum atomic E-state index is 11.8. The number of hydrogen-bond donors (Lipinski definition) is 0. The van der Waals surface area contributed by atoms with Crippen molar-refractivity contribution in [2.24, 2.45) is 0 Å². The standard InChI is InChI=1S/C11H16BrNO2S/c1-13(6-10(12)7-15-2)11(14)5-9-3-4-16-8-9/h3-4,8,10H,5-7H2,1-2H3. The van der Waals surface area contributed by atoms with Crippen LogP contribution in [-0.2, 0) is 16.0 Å². The summed E-state index contributed by atoms with van der Waals surface area (Å²) in [6.45, 7) is 1.27. The molecule has 0 fully saturated rings. The summed E-state index contributed by atoms with van der Waals surface area (Å²) in [4.78, 5) is 13.7. The molecule has 0 aliphatic heterocycles. The number of nitrogens with zero attached hydrogens (tertiary/aromatic N) is 1. The van der Waals surface area contributed by atoms with Gasteiger partial charge in [-0.15, -0.1) is 0 Å². The first kappa shape index (κ1) is 13.7. The minimum absolute atomic E-state index is 0.138. The summed E-state index contributed by atoms with van der Waals surface area (Å²) in [5, 5.41) is 3.99. The molecule has 0 N–H and O–H groups in total. The Morgan fingerprint density at radius 2 is 2.44 bits per heavy atom. The predicted molar refractivity (Wildman–Crippen MR) is 70.3 cm³/mol. The normalized spacial score (nSPS) is 12.4. The lowest BCUT2D eigenvalue weighted by atomic mass is 10.2. The van der Waals surface area contributed by atoms with E-state index in [1.54, 1.807) is 23.3 Å². The lowest BCUT2D eigenvalue weighted by Gasteiger charge is -2.20. The van der Waals surface area contributed by atoms with Gasteiger partial charge in [0.05, 0.1) is 17.9 Å². The first-order valence-corrected chi connectivity index (χ1v) is 6.87. The molecular weight excluding hydrogens is 290 g/mol. The number of methoxy groups -OCH3 is 1. The van der Waals surface area contributed by atoms with Gasteiger partial charge in [0.25, 0.3) is 0 Å². The Morgan fingerprint density at radius 1 is 1.69 bits per heavy atom. The van der Waals surface area contributed by atoms with Crippen LogP contribution in [0.4, 0.5) is 0 Å². The van der Waals surface area contributed by atoms with Crippen molar-refractivity contribution in [3.63, 3.8) is 0 Å². The molecular formula is C11H16BrNO2S. The molecule has 1 rings (SSSR count). The van der Waals surface area contributed by atoms with E-state index >= 15 is 0 Å². The van der Waals surface area contributed by atoms with E-state index in [4.69, 9.17) is 4.74 Å². The highest BCUT2D eigenvalue weighted by atomic mass is 79.9. The zero-order chi connectivity index (χ0) is 12.0. The monoisotopic (exact) mass is 305 g/mol. The minimum Gasteiger partial charge on any atom is -0.383 e. The molecule has 0 saturated heterocycles. The molecule has 5 heteroatoms. The molecule has 1 aromatic rings. The number of carbonyl (C=O) groups excluding carboxylic acids is 1. The Morgan fingerprint density at radius 3 is 3.00 bits per heavy atom. The Hall–Kier alpha value is -0.390. The molecule has 3 nitrogen and oxygen atoms in total. The minimum atomic E-state index is 0.138. The van der Waals surface area contributed by atoms with Gasteiger partial charge in [-0.2, -0.15) is 11.3 Å². The summed E-state index contributed by atoms with van der Waals surface area (Å²) in [6, 6.07) is 1.98. The molecule has 0 aromatic carbocycles. The SMILES string of the molecule is COCC(Br)CN(C)C(=O)Cc1ccsc1. The van der Waals surface area contributed by atoms with Gasteiger partial charge in [0, 0.05) is 20.7 Å². The van der Waals surface area contributed by atoms with Crippen LogP contribution in [0.15, 0.2) is 16.8 Å². The molecule has 1 unspecified atom stereocenters. The average molecular weight is 306 g/mol. The second-order valence-electron chi connectivity index (χ2n) is 3.64. The van der Waals surface area contributed by atoms with E-state index in [1.807, 2.05) is 23.9 Å². The molecule has 1 heterocycles. The smallest absolute Gasteiger partial charge is 0.226 e. The zero-order valence-corrected chi connectivity index (χ0v) is 11.9. The zero-order valence-electron chi connectivity index (χ0n) is 9.48. The molecule has 1 aromatic heterocycles. The van der Waals surface area contributed by atoms with Crippen LogP contribution in [0.25, 0.3) is 0 Å². The van der Waals surface area contributed by atoms with Crippen LogP contribution in [-0.4, -0.2) is 42.9 Å². The highest BCUT2D eigenvalue weighted by Gasteiger charge is 2.13. The van der Waals surface area contributed by atoms with Gasteiger partial charge < -0.3 is 9.64 Å². The Labute approximate surface area is 109 Å². The fourth-order valence-corrected chi connectivity index (χ4v) is 2.70. The van der Waals surface area contributed by atoms with Crippen LogP contribution >= 0.6 is 27.3 Å². The third-order valence-corrected chi connectivity index (χ3v) is 3.47. The van der Waals surface area contributed by atoms with Crippen LogP contribution in [0.3, 0.4) is 0 Å². The van der Waals surface area contributed by atoms with Crippen molar-refractivity contribution in [1.82, 2.24) is 4.90 Å². The van der Waals surface area contributed by atoms with Gasteiger partial charge in [-0.1, -0.05) is 15.9 Å². The summed E-state index contributed by atoms with van der Waals surface area (Å²) in [6.07, 6.45) is 0.479. The number of alkyl halides is 1. The third-order valence-electron chi connectivity index (χ3n) is 2.18. The van der Waals surface area contributed by atoms with Crippen molar-refractivity contribution in [3.8, 4) is 0 Å². The lowest BCUT2D eigenvalue weighted by molar-refractivity contribution is -0.129. The summed E-state index contributed by atoms with van der Waals surface area (Å²) < 4.78 is 5.01. The maximum absolute atomic E-state index is 11.8. The molecule has 0 bridgehead atoms. The second kappa shape index (κ2) is 7.04. The number of halogens is 1. The van der Waals surface area contributed by atoms with Gasteiger partial charge >= 0.3 is 0 Å². The number of hydrogen-bond acceptors (Lipinski definition) is 3. The van der Waals surface area contributed by atoms with Gasteiger partial charge in [-0.3, -0.25) is 4.79 Å². The highest BCUT2D eigenvalue weighted by Crippen LogP contribution is 2.09. The average Bonchev–Trinajstić information content (AvgIpc) is 2.70. The number of amides is 1. The Bertz CT molecular complexity index is 316. The van der Waals surface area contributed by atoms with Crippen molar-refractivity contribution in [2.75, 3.05) is 27.3 Å². The van der Waals surface area contributed by atoms with Crippen LogP contribution in [0.5, 0.6) is 0 Å². The molecule has 0 aliphatic rings.